The Bertz CT molecular complexity index is 576. The van der Waals surface area contributed by atoms with Crippen molar-refractivity contribution in [2.45, 2.75) is 44.5 Å². The van der Waals surface area contributed by atoms with Gasteiger partial charge in [0, 0.05) is 6.42 Å². The number of carboxylic acid groups (broad SMARTS) is 1. The first kappa shape index (κ1) is 19.6. The van der Waals surface area contributed by atoms with Gasteiger partial charge in [0.2, 0.25) is 11.8 Å². The molecule has 0 aliphatic rings. The summed E-state index contributed by atoms with van der Waals surface area (Å²) in [6, 6.07) is 5.65. The Balaban J connectivity index is 2.88. The van der Waals surface area contributed by atoms with Crippen LogP contribution in [-0.2, 0) is 20.8 Å². The predicted octanol–water partition coefficient (Wildman–Crippen LogP) is -0.989. The number of nitrogens with two attached hydrogens (primary N) is 1. The number of hydrogen-bond donors (Lipinski definition) is 5. The highest BCUT2D eigenvalue weighted by Crippen LogP contribution is 2.05. The molecule has 0 unspecified atom stereocenters. The first-order valence-electron chi connectivity index (χ1n) is 7.53. The number of carbonyl (C=O) groups excluding carboxylic acids is 2. The molecule has 1 aromatic carbocycles. The van der Waals surface area contributed by atoms with E-state index in [0.29, 0.717) is 0 Å². The molecule has 0 fully saturated rings. The van der Waals surface area contributed by atoms with E-state index in [-0.39, 0.29) is 6.42 Å². The molecule has 0 heterocycles. The highest BCUT2D eigenvalue weighted by Gasteiger charge is 2.27. The van der Waals surface area contributed by atoms with Crippen molar-refractivity contribution in [3.05, 3.63) is 35.9 Å². The molecule has 1 rings (SSSR count). The Kier molecular flexibility index (Phi) is 7.34. The van der Waals surface area contributed by atoms with Gasteiger partial charge >= 0.3 is 5.97 Å². The van der Waals surface area contributed by atoms with Crippen LogP contribution >= 0.6 is 0 Å². The summed E-state index contributed by atoms with van der Waals surface area (Å²) >= 11 is 0. The fraction of sp³-hybridized carbons (Fsp3) is 0.438. The third-order valence-electron chi connectivity index (χ3n) is 3.47. The highest BCUT2D eigenvalue weighted by molar-refractivity contribution is 5.92. The minimum Gasteiger partial charge on any atom is -0.480 e. The summed E-state index contributed by atoms with van der Waals surface area (Å²) in [5.41, 5.74) is 6.35. The number of aliphatic hydroxyl groups is 1. The molecule has 0 saturated carbocycles. The number of rotatable bonds is 8. The lowest BCUT2D eigenvalue weighted by atomic mass is 10.0. The van der Waals surface area contributed by atoms with Crippen LogP contribution in [0.15, 0.2) is 30.3 Å². The zero-order valence-electron chi connectivity index (χ0n) is 13.6. The maximum Gasteiger partial charge on any atom is 0.325 e. The summed E-state index contributed by atoms with van der Waals surface area (Å²) in [4.78, 5) is 35.2. The van der Waals surface area contributed by atoms with Gasteiger partial charge in [-0.1, -0.05) is 30.3 Å². The third kappa shape index (κ3) is 5.98. The molecule has 0 aromatic heterocycles. The maximum atomic E-state index is 12.3. The number of benzene rings is 1. The average molecular weight is 337 g/mol. The molecule has 0 aliphatic heterocycles. The second-order valence-corrected chi connectivity index (χ2v) is 5.59. The van der Waals surface area contributed by atoms with Crippen molar-refractivity contribution >= 4 is 17.8 Å². The quantitative estimate of drug-likeness (QED) is 0.412. The van der Waals surface area contributed by atoms with E-state index in [1.54, 1.807) is 24.3 Å². The minimum absolute atomic E-state index is 0.164. The van der Waals surface area contributed by atoms with E-state index in [1.807, 2.05) is 6.07 Å². The van der Waals surface area contributed by atoms with Gasteiger partial charge in [-0.05, 0) is 19.4 Å². The van der Waals surface area contributed by atoms with Gasteiger partial charge < -0.3 is 26.6 Å². The van der Waals surface area contributed by atoms with Crippen LogP contribution in [0, 0.1) is 0 Å². The van der Waals surface area contributed by atoms with Crippen molar-refractivity contribution in [3.8, 4) is 0 Å². The van der Waals surface area contributed by atoms with E-state index >= 15 is 0 Å². The molecule has 24 heavy (non-hydrogen) atoms. The van der Waals surface area contributed by atoms with Crippen LogP contribution in [0.2, 0.25) is 0 Å². The monoisotopic (exact) mass is 337 g/mol. The third-order valence-corrected chi connectivity index (χ3v) is 3.47. The zero-order chi connectivity index (χ0) is 18.3. The van der Waals surface area contributed by atoms with Gasteiger partial charge in [0.1, 0.15) is 18.1 Å². The summed E-state index contributed by atoms with van der Waals surface area (Å²) in [7, 11) is 0. The van der Waals surface area contributed by atoms with Crippen molar-refractivity contribution in [2.75, 3.05) is 0 Å². The average Bonchev–Trinajstić information content (AvgIpc) is 2.53. The molecule has 0 bridgehead atoms. The summed E-state index contributed by atoms with van der Waals surface area (Å²) in [6.45, 7) is 2.69. The van der Waals surface area contributed by atoms with E-state index in [1.165, 1.54) is 13.8 Å². The molecule has 132 valence electrons. The molecule has 0 spiro atoms. The first-order valence-corrected chi connectivity index (χ1v) is 7.53. The van der Waals surface area contributed by atoms with Crippen molar-refractivity contribution in [1.29, 1.82) is 0 Å². The number of nitrogens with one attached hydrogen (secondary N) is 2. The predicted molar refractivity (Wildman–Crippen MR) is 87.0 cm³/mol. The normalized spacial score (nSPS) is 15.7. The minimum atomic E-state index is -1.19. The van der Waals surface area contributed by atoms with Crippen molar-refractivity contribution in [1.82, 2.24) is 10.6 Å². The molecule has 8 nitrogen and oxygen atoms in total. The van der Waals surface area contributed by atoms with Gasteiger partial charge in [0.05, 0.1) is 6.10 Å². The lowest BCUT2D eigenvalue weighted by Gasteiger charge is -2.22. The molecular formula is C16H23N3O5. The SMILES string of the molecule is C[C@H](NC(=O)[C@H](Cc1ccccc1)NC(=O)[C@@H](N)[C@@H](C)O)C(=O)O. The van der Waals surface area contributed by atoms with Crippen LogP contribution in [0.25, 0.3) is 0 Å². The lowest BCUT2D eigenvalue weighted by molar-refractivity contribution is -0.141. The van der Waals surface area contributed by atoms with E-state index in [9.17, 15) is 19.5 Å². The molecule has 1 aromatic rings. The van der Waals surface area contributed by atoms with Gasteiger partial charge in [-0.15, -0.1) is 0 Å². The molecule has 0 saturated heterocycles. The van der Waals surface area contributed by atoms with Crippen molar-refractivity contribution in [3.63, 3.8) is 0 Å². The molecular weight excluding hydrogens is 314 g/mol. The Hall–Kier alpha value is -2.45. The molecule has 0 aliphatic carbocycles. The van der Waals surface area contributed by atoms with Crippen LogP contribution in [0.1, 0.15) is 19.4 Å². The van der Waals surface area contributed by atoms with Crippen LogP contribution in [0.3, 0.4) is 0 Å². The summed E-state index contributed by atoms with van der Waals surface area (Å²) in [5.74, 6) is -2.52. The van der Waals surface area contributed by atoms with Gasteiger partial charge in [0.15, 0.2) is 0 Å². The molecule has 8 heteroatoms. The highest BCUT2D eigenvalue weighted by atomic mass is 16.4. The fourth-order valence-electron chi connectivity index (χ4n) is 1.92. The molecule has 4 atom stereocenters. The van der Waals surface area contributed by atoms with Gasteiger partial charge in [-0.25, -0.2) is 0 Å². The molecule has 6 N–H and O–H groups in total. The number of amides is 2. The van der Waals surface area contributed by atoms with E-state index in [4.69, 9.17) is 10.8 Å². The zero-order valence-corrected chi connectivity index (χ0v) is 13.6. The van der Waals surface area contributed by atoms with Crippen LogP contribution < -0.4 is 16.4 Å². The summed E-state index contributed by atoms with van der Waals surface area (Å²) < 4.78 is 0. The second-order valence-electron chi connectivity index (χ2n) is 5.59. The standard InChI is InChI=1S/C16H23N3O5/c1-9(16(23)24)18-14(21)12(8-11-6-4-3-5-7-11)19-15(22)13(17)10(2)20/h3-7,9-10,12-13,20H,8,17H2,1-2H3,(H,18,21)(H,19,22)(H,23,24)/t9-,10+,12-,13-/m0/s1. The number of hydrogen-bond acceptors (Lipinski definition) is 5. The largest absolute Gasteiger partial charge is 0.480 e. The topological polar surface area (TPSA) is 142 Å². The maximum absolute atomic E-state index is 12.3. The molecule has 2 amide bonds. The molecule has 0 radical (unpaired) electrons. The second kappa shape index (κ2) is 8.99. The Labute approximate surface area is 140 Å². The van der Waals surface area contributed by atoms with Gasteiger partial charge in [-0.3, -0.25) is 14.4 Å². The smallest absolute Gasteiger partial charge is 0.325 e. The van der Waals surface area contributed by atoms with Gasteiger partial charge in [-0.2, -0.15) is 0 Å². The fourth-order valence-corrected chi connectivity index (χ4v) is 1.92. The first-order chi connectivity index (χ1) is 11.2. The van der Waals surface area contributed by atoms with Crippen molar-refractivity contribution < 1.29 is 24.6 Å². The van der Waals surface area contributed by atoms with Gasteiger partial charge in [0.25, 0.3) is 0 Å². The van der Waals surface area contributed by atoms with Crippen LogP contribution in [0.5, 0.6) is 0 Å². The number of carbonyl (C=O) groups is 3. The van der Waals surface area contributed by atoms with E-state index in [2.05, 4.69) is 10.6 Å². The summed E-state index contributed by atoms with van der Waals surface area (Å²) in [6.07, 6.45) is -0.916. The number of aliphatic hydroxyl groups excluding tert-OH is 1. The van der Waals surface area contributed by atoms with E-state index < -0.39 is 42.0 Å². The van der Waals surface area contributed by atoms with Crippen LogP contribution in [0.4, 0.5) is 0 Å². The Morgan fingerprint density at radius 1 is 1.08 bits per heavy atom. The Morgan fingerprint density at radius 2 is 1.67 bits per heavy atom. The van der Waals surface area contributed by atoms with Crippen molar-refractivity contribution in [2.24, 2.45) is 5.73 Å². The number of aliphatic carboxylic acids is 1. The summed E-state index contributed by atoms with van der Waals surface area (Å²) in [5, 5.41) is 23.1. The van der Waals surface area contributed by atoms with Crippen LogP contribution in [-0.4, -0.2) is 52.2 Å². The lowest BCUT2D eigenvalue weighted by Crippen LogP contribution is -2.56. The number of carboxylic acids is 1. The Morgan fingerprint density at radius 3 is 2.17 bits per heavy atom. The van der Waals surface area contributed by atoms with E-state index in [0.717, 1.165) is 5.56 Å².